The van der Waals surface area contributed by atoms with Crippen LogP contribution in [0, 0.1) is 11.8 Å². The lowest BCUT2D eigenvalue weighted by molar-refractivity contribution is 0.0689. The maximum Gasteiger partial charge on any atom is 0.356 e. The Morgan fingerprint density at radius 3 is 2.41 bits per heavy atom. The molecule has 2 unspecified atom stereocenters. The normalized spacial score (nSPS) is 24.7. The number of carboxylic acids is 1. The van der Waals surface area contributed by atoms with Gasteiger partial charge in [0.15, 0.2) is 11.5 Å². The van der Waals surface area contributed by atoms with E-state index < -0.39 is 5.97 Å². The number of piperidine rings is 1. The molecule has 1 aliphatic rings. The number of aromatic nitrogens is 2. The van der Waals surface area contributed by atoms with Crippen molar-refractivity contribution in [2.75, 3.05) is 18.0 Å². The number of nitrogens with zero attached hydrogens (tertiary/aromatic N) is 3. The van der Waals surface area contributed by atoms with Crippen LogP contribution in [0.3, 0.4) is 0 Å². The first-order chi connectivity index (χ1) is 8.06. The molecular weight excluding hydrogens is 218 g/mol. The Balaban J connectivity index is 2.14. The second-order valence-corrected chi connectivity index (χ2v) is 4.93. The molecule has 1 aromatic rings. The molecule has 5 heteroatoms. The number of anilines is 1. The van der Waals surface area contributed by atoms with E-state index in [-0.39, 0.29) is 5.69 Å². The lowest BCUT2D eigenvalue weighted by Crippen LogP contribution is -2.39. The number of carboxylic acid groups (broad SMARTS) is 1. The highest BCUT2D eigenvalue weighted by Crippen LogP contribution is 2.24. The Morgan fingerprint density at radius 1 is 1.29 bits per heavy atom. The minimum absolute atomic E-state index is 0.00754. The average Bonchev–Trinajstić information content (AvgIpc) is 2.28. The molecule has 5 nitrogen and oxygen atoms in total. The molecule has 1 N–H and O–H groups in total. The van der Waals surface area contributed by atoms with Crippen molar-refractivity contribution >= 4 is 11.8 Å². The second-order valence-electron chi connectivity index (χ2n) is 4.93. The zero-order valence-corrected chi connectivity index (χ0v) is 10.1. The number of rotatable bonds is 2. The molecule has 1 saturated heterocycles. The van der Waals surface area contributed by atoms with E-state index in [9.17, 15) is 4.79 Å². The summed E-state index contributed by atoms with van der Waals surface area (Å²) in [6.45, 7) is 6.38. The molecule has 0 aliphatic carbocycles. The third-order valence-electron chi connectivity index (χ3n) is 3.06. The third-order valence-corrected chi connectivity index (χ3v) is 3.06. The van der Waals surface area contributed by atoms with Crippen LogP contribution < -0.4 is 4.90 Å². The smallest absolute Gasteiger partial charge is 0.356 e. The molecule has 1 aliphatic heterocycles. The van der Waals surface area contributed by atoms with E-state index in [1.807, 2.05) is 0 Å². The van der Waals surface area contributed by atoms with Gasteiger partial charge in [-0.05, 0) is 30.4 Å². The quantitative estimate of drug-likeness (QED) is 0.844. The van der Waals surface area contributed by atoms with Gasteiger partial charge >= 0.3 is 5.97 Å². The van der Waals surface area contributed by atoms with E-state index in [4.69, 9.17) is 5.11 Å². The predicted octanol–water partition coefficient (Wildman–Crippen LogP) is 1.66. The zero-order chi connectivity index (χ0) is 12.4. The van der Waals surface area contributed by atoms with Gasteiger partial charge in [-0.3, -0.25) is 0 Å². The van der Waals surface area contributed by atoms with Crippen LogP contribution in [0.2, 0.25) is 0 Å². The van der Waals surface area contributed by atoms with Gasteiger partial charge in [0.1, 0.15) is 0 Å². The van der Waals surface area contributed by atoms with Crippen molar-refractivity contribution in [3.8, 4) is 0 Å². The predicted molar refractivity (Wildman–Crippen MR) is 64.1 cm³/mol. The molecule has 2 heterocycles. The first-order valence-corrected chi connectivity index (χ1v) is 5.88. The zero-order valence-electron chi connectivity index (χ0n) is 10.1. The lowest BCUT2D eigenvalue weighted by atomic mass is 9.92. The standard InChI is InChI=1S/C12H17N3O2/c1-8-5-9(2)7-15(6-8)11-4-3-10(12(16)17)13-14-11/h3-4,8-9H,5-7H2,1-2H3,(H,16,17). The van der Waals surface area contributed by atoms with E-state index in [0.717, 1.165) is 18.9 Å². The summed E-state index contributed by atoms with van der Waals surface area (Å²) in [7, 11) is 0. The van der Waals surface area contributed by atoms with Gasteiger partial charge in [0.05, 0.1) is 0 Å². The Kier molecular flexibility index (Phi) is 3.26. The fourth-order valence-electron chi connectivity index (χ4n) is 2.46. The van der Waals surface area contributed by atoms with Crippen molar-refractivity contribution in [2.45, 2.75) is 20.3 Å². The second kappa shape index (κ2) is 4.69. The minimum atomic E-state index is -1.04. The summed E-state index contributed by atoms with van der Waals surface area (Å²) in [6, 6.07) is 3.25. The van der Waals surface area contributed by atoms with Crippen molar-refractivity contribution in [1.82, 2.24) is 10.2 Å². The van der Waals surface area contributed by atoms with Gasteiger partial charge in [0, 0.05) is 13.1 Å². The SMILES string of the molecule is CC1CC(C)CN(c2ccc(C(=O)O)nn2)C1. The molecule has 17 heavy (non-hydrogen) atoms. The minimum Gasteiger partial charge on any atom is -0.476 e. The van der Waals surface area contributed by atoms with Crippen LogP contribution in [-0.2, 0) is 0 Å². The van der Waals surface area contributed by atoms with Gasteiger partial charge in [-0.25, -0.2) is 4.79 Å². The molecule has 0 amide bonds. The summed E-state index contributed by atoms with van der Waals surface area (Å²) in [5, 5.41) is 16.5. The van der Waals surface area contributed by atoms with Gasteiger partial charge in [-0.1, -0.05) is 13.8 Å². The summed E-state index contributed by atoms with van der Waals surface area (Å²) in [4.78, 5) is 12.9. The van der Waals surface area contributed by atoms with E-state index in [1.54, 1.807) is 6.07 Å². The van der Waals surface area contributed by atoms with E-state index in [1.165, 1.54) is 12.5 Å². The van der Waals surface area contributed by atoms with Gasteiger partial charge < -0.3 is 10.0 Å². The maximum atomic E-state index is 10.7. The summed E-state index contributed by atoms with van der Waals surface area (Å²) >= 11 is 0. The Bertz CT molecular complexity index is 395. The van der Waals surface area contributed by atoms with Crippen LogP contribution in [0.5, 0.6) is 0 Å². The highest BCUT2D eigenvalue weighted by Gasteiger charge is 2.23. The van der Waals surface area contributed by atoms with Crippen LogP contribution in [0.25, 0.3) is 0 Å². The van der Waals surface area contributed by atoms with E-state index >= 15 is 0 Å². The molecule has 0 radical (unpaired) electrons. The lowest BCUT2D eigenvalue weighted by Gasteiger charge is -2.35. The molecule has 1 fully saturated rings. The molecule has 0 bridgehead atoms. The number of hydrogen-bond acceptors (Lipinski definition) is 4. The Hall–Kier alpha value is -1.65. The van der Waals surface area contributed by atoms with Crippen molar-refractivity contribution in [3.63, 3.8) is 0 Å². The topological polar surface area (TPSA) is 66.3 Å². The molecule has 0 spiro atoms. The van der Waals surface area contributed by atoms with Gasteiger partial charge in [0.25, 0.3) is 0 Å². The monoisotopic (exact) mass is 235 g/mol. The average molecular weight is 235 g/mol. The van der Waals surface area contributed by atoms with E-state index in [2.05, 4.69) is 28.9 Å². The largest absolute Gasteiger partial charge is 0.476 e. The summed E-state index contributed by atoms with van der Waals surface area (Å²) < 4.78 is 0. The van der Waals surface area contributed by atoms with Crippen LogP contribution in [0.15, 0.2) is 12.1 Å². The van der Waals surface area contributed by atoms with Crippen LogP contribution in [-0.4, -0.2) is 34.4 Å². The third kappa shape index (κ3) is 2.72. The van der Waals surface area contributed by atoms with Gasteiger partial charge in [-0.15, -0.1) is 10.2 Å². The maximum absolute atomic E-state index is 10.7. The number of aromatic carboxylic acids is 1. The molecule has 2 rings (SSSR count). The van der Waals surface area contributed by atoms with Crippen molar-refractivity contribution in [2.24, 2.45) is 11.8 Å². The van der Waals surface area contributed by atoms with Gasteiger partial charge in [0.2, 0.25) is 0 Å². The van der Waals surface area contributed by atoms with Crippen molar-refractivity contribution in [1.29, 1.82) is 0 Å². The fraction of sp³-hybridized carbons (Fsp3) is 0.583. The highest BCUT2D eigenvalue weighted by molar-refractivity contribution is 5.85. The van der Waals surface area contributed by atoms with Gasteiger partial charge in [-0.2, -0.15) is 0 Å². The Labute approximate surface area is 100 Å². The van der Waals surface area contributed by atoms with Crippen molar-refractivity contribution < 1.29 is 9.90 Å². The first kappa shape index (κ1) is 11.8. The molecule has 2 atom stereocenters. The van der Waals surface area contributed by atoms with E-state index in [0.29, 0.717) is 11.8 Å². The van der Waals surface area contributed by atoms with Crippen molar-refractivity contribution in [3.05, 3.63) is 17.8 Å². The summed E-state index contributed by atoms with van der Waals surface area (Å²) in [5.74, 6) is 1.01. The Morgan fingerprint density at radius 2 is 1.94 bits per heavy atom. The molecule has 0 saturated carbocycles. The molecular formula is C12H17N3O2. The fourth-order valence-corrected chi connectivity index (χ4v) is 2.46. The van der Waals surface area contributed by atoms with Crippen LogP contribution in [0.4, 0.5) is 5.82 Å². The van der Waals surface area contributed by atoms with Crippen LogP contribution in [0.1, 0.15) is 30.8 Å². The molecule has 1 aromatic heterocycles. The first-order valence-electron chi connectivity index (χ1n) is 5.88. The molecule has 92 valence electrons. The highest BCUT2D eigenvalue weighted by atomic mass is 16.4. The summed E-state index contributed by atoms with van der Waals surface area (Å²) in [6.07, 6.45) is 1.23. The number of carbonyl (C=O) groups is 1. The van der Waals surface area contributed by atoms with Crippen LogP contribution >= 0.6 is 0 Å². The molecule has 0 aromatic carbocycles. The number of hydrogen-bond donors (Lipinski definition) is 1. The summed E-state index contributed by atoms with van der Waals surface area (Å²) in [5.41, 5.74) is -0.00754.